The first-order valence-corrected chi connectivity index (χ1v) is 20.3. The van der Waals surface area contributed by atoms with Crippen molar-refractivity contribution in [3.8, 4) is 22.8 Å². The van der Waals surface area contributed by atoms with Crippen LogP contribution in [0.4, 0.5) is 15.9 Å². The van der Waals surface area contributed by atoms with E-state index in [1.807, 2.05) is 60.7 Å². The first-order valence-electron chi connectivity index (χ1n) is 20.3. The molecule has 1 unspecified atom stereocenters. The summed E-state index contributed by atoms with van der Waals surface area (Å²) >= 11 is 0. The number of carbonyl (C=O) groups is 2. The van der Waals surface area contributed by atoms with Gasteiger partial charge in [-0.15, -0.1) is 0 Å². The van der Waals surface area contributed by atoms with Gasteiger partial charge in [0.1, 0.15) is 35.2 Å². The van der Waals surface area contributed by atoms with E-state index in [1.165, 1.54) is 6.33 Å². The van der Waals surface area contributed by atoms with Gasteiger partial charge in [0.05, 0.1) is 23.2 Å². The smallest absolute Gasteiger partial charge is 0.243 e. The van der Waals surface area contributed by atoms with Crippen molar-refractivity contribution in [3.63, 3.8) is 0 Å². The molecule has 0 spiro atoms. The Balaban J connectivity index is 0.728. The number of nitrogens with one attached hydrogen (secondary N) is 1. The maximum Gasteiger partial charge on any atom is 0.243 e. The van der Waals surface area contributed by atoms with E-state index in [0.29, 0.717) is 49.5 Å². The number of benzene rings is 3. The Morgan fingerprint density at radius 1 is 0.754 bits per heavy atom. The molecule has 7 heterocycles. The van der Waals surface area contributed by atoms with E-state index in [0.717, 1.165) is 110 Å². The predicted molar refractivity (Wildman–Crippen MR) is 214 cm³/mol. The van der Waals surface area contributed by atoms with E-state index in [9.17, 15) is 9.59 Å². The number of nitrogens with zero attached hydrogens (tertiary/aromatic N) is 8. The van der Waals surface area contributed by atoms with E-state index in [4.69, 9.17) is 15.6 Å². The summed E-state index contributed by atoms with van der Waals surface area (Å²) in [6.07, 6.45) is 6.62. The third-order valence-corrected chi connectivity index (χ3v) is 12.9. The Morgan fingerprint density at radius 3 is 2.14 bits per heavy atom. The summed E-state index contributed by atoms with van der Waals surface area (Å²) in [6.45, 7) is 6.89. The Morgan fingerprint density at radius 2 is 1.42 bits per heavy atom. The number of piperidine rings is 3. The van der Waals surface area contributed by atoms with Crippen molar-refractivity contribution in [1.29, 1.82) is 0 Å². The second-order valence-corrected chi connectivity index (χ2v) is 16.2. The van der Waals surface area contributed by atoms with E-state index in [1.54, 1.807) is 6.07 Å². The zero-order valence-electron chi connectivity index (χ0n) is 31.9. The van der Waals surface area contributed by atoms with Gasteiger partial charge in [-0.1, -0.05) is 18.2 Å². The number of hydrogen-bond acceptors (Lipinski definition) is 11. The van der Waals surface area contributed by atoms with Crippen molar-refractivity contribution in [2.24, 2.45) is 0 Å². The molecule has 4 saturated heterocycles. The van der Waals surface area contributed by atoms with Gasteiger partial charge in [0.25, 0.3) is 0 Å². The lowest BCUT2D eigenvalue weighted by Crippen LogP contribution is -2.62. The highest BCUT2D eigenvalue weighted by Gasteiger charge is 2.39. The quantitative estimate of drug-likeness (QED) is 0.204. The van der Waals surface area contributed by atoms with Crippen molar-refractivity contribution in [2.45, 2.75) is 75.8 Å². The number of nitrogen functional groups attached to an aromatic ring is 1. The van der Waals surface area contributed by atoms with Crippen molar-refractivity contribution < 1.29 is 18.7 Å². The third-order valence-electron chi connectivity index (χ3n) is 12.9. The molecule has 0 bridgehead atoms. The lowest BCUT2D eigenvalue weighted by molar-refractivity contribution is -0.137. The van der Waals surface area contributed by atoms with Gasteiger partial charge < -0.3 is 20.3 Å². The fourth-order valence-corrected chi connectivity index (χ4v) is 9.68. The molecule has 5 aromatic rings. The first-order chi connectivity index (χ1) is 27.8. The number of ether oxygens (including phenoxy) is 1. The van der Waals surface area contributed by atoms with E-state index < -0.39 is 0 Å². The van der Waals surface area contributed by atoms with E-state index in [-0.39, 0.29) is 29.7 Å². The van der Waals surface area contributed by atoms with Crippen molar-refractivity contribution >= 4 is 34.4 Å². The highest BCUT2D eigenvalue weighted by Crippen LogP contribution is 2.38. The fraction of sp³-hybridized carbons (Fsp3) is 0.419. The third kappa shape index (κ3) is 6.89. The Kier molecular flexibility index (Phi) is 9.34. The molecule has 5 aliphatic heterocycles. The van der Waals surface area contributed by atoms with Gasteiger partial charge in [-0.25, -0.2) is 19.0 Å². The maximum atomic E-state index is 15.4. The van der Waals surface area contributed by atoms with Crippen LogP contribution in [0.15, 0.2) is 73.1 Å². The lowest BCUT2D eigenvalue weighted by Gasteiger charge is -2.50. The molecule has 4 fully saturated rings. The van der Waals surface area contributed by atoms with Crippen LogP contribution < -0.4 is 20.7 Å². The number of hydrogen-bond donors (Lipinski definition) is 2. The van der Waals surface area contributed by atoms with Crippen LogP contribution in [0.2, 0.25) is 0 Å². The number of likely N-dealkylation sites (tertiary alicyclic amines) is 2. The predicted octanol–water partition coefficient (Wildman–Crippen LogP) is 5.12. The number of imide groups is 1. The standard InChI is InChI=1S/C43H47FN10O3/c44-35-20-28-22-52(36-10-11-38(55)48-43(36)56)23-29(28)21-37(35)53-24-32(25-53)51-16-12-30(13-17-51)50-18-14-31(15-19-50)54-42-39(41(45)46-26-47-42)40(49-54)27-6-8-34(9-7-27)57-33-4-2-1-3-5-33/h1-9,20-21,26,30-32,36H,10-19,22-25H2,(H2,45,46,47)(H,48,55,56). The Bertz CT molecular complexity index is 2300. The summed E-state index contributed by atoms with van der Waals surface area (Å²) in [7, 11) is 0. The van der Waals surface area contributed by atoms with Gasteiger partial charge in [0, 0.05) is 76.4 Å². The molecule has 14 heteroatoms. The molecule has 294 valence electrons. The van der Waals surface area contributed by atoms with Crippen LogP contribution in [0.5, 0.6) is 11.5 Å². The zero-order valence-corrected chi connectivity index (χ0v) is 31.9. The Labute approximate surface area is 330 Å². The zero-order chi connectivity index (χ0) is 38.6. The summed E-state index contributed by atoms with van der Waals surface area (Å²) in [5.41, 5.74) is 11.6. The number of para-hydroxylation sites is 1. The van der Waals surface area contributed by atoms with Crippen LogP contribution in [0.3, 0.4) is 0 Å². The number of aromatic nitrogens is 4. The molecule has 0 aliphatic carbocycles. The summed E-state index contributed by atoms with van der Waals surface area (Å²) in [6, 6.07) is 22.1. The van der Waals surface area contributed by atoms with Gasteiger partial charge in [0.2, 0.25) is 11.8 Å². The minimum atomic E-state index is -0.346. The summed E-state index contributed by atoms with van der Waals surface area (Å²) < 4.78 is 23.5. The Hall–Kier alpha value is -5.44. The number of amides is 2. The SMILES string of the molecule is Nc1ncnc2c1c(-c1ccc(Oc3ccccc3)cc1)nn2C1CCN(C2CCN(C3CN(c4cc5c(cc4F)CN(C4CCC(=O)NC4=O)C5)C3)CC2)CC1. The lowest BCUT2D eigenvalue weighted by atomic mass is 9.95. The number of carbonyl (C=O) groups excluding carboxylic acids is 2. The molecular formula is C43H47FN10O3. The molecule has 1 atom stereocenters. The molecule has 5 aliphatic rings. The van der Waals surface area contributed by atoms with Crippen LogP contribution in [-0.2, 0) is 22.7 Å². The first kappa shape index (κ1) is 35.9. The average molecular weight is 771 g/mol. The van der Waals surface area contributed by atoms with E-state index in [2.05, 4.69) is 39.6 Å². The molecule has 3 N–H and O–H groups in total. The highest BCUT2D eigenvalue weighted by atomic mass is 19.1. The van der Waals surface area contributed by atoms with Crippen molar-refractivity contribution in [3.05, 3.63) is 90.0 Å². The van der Waals surface area contributed by atoms with Crippen molar-refractivity contribution in [1.82, 2.24) is 39.8 Å². The molecule has 13 nitrogen and oxygen atoms in total. The number of nitrogens with two attached hydrogens (primary N) is 1. The monoisotopic (exact) mass is 770 g/mol. The molecule has 3 aromatic carbocycles. The summed E-state index contributed by atoms with van der Waals surface area (Å²) in [4.78, 5) is 42.6. The minimum absolute atomic E-state index is 0.196. The number of rotatable bonds is 8. The normalized spacial score (nSPS) is 21.8. The molecular weight excluding hydrogens is 724 g/mol. The number of fused-ring (bicyclic) bond motifs is 2. The molecule has 0 saturated carbocycles. The van der Waals surface area contributed by atoms with Gasteiger partial charge in [0.15, 0.2) is 5.65 Å². The van der Waals surface area contributed by atoms with Gasteiger partial charge in [-0.2, -0.15) is 5.10 Å². The fourth-order valence-electron chi connectivity index (χ4n) is 9.68. The second-order valence-electron chi connectivity index (χ2n) is 16.2. The van der Waals surface area contributed by atoms with E-state index >= 15 is 4.39 Å². The molecule has 0 radical (unpaired) electrons. The maximum absolute atomic E-state index is 15.4. The van der Waals surface area contributed by atoms with Gasteiger partial charge in [-0.05, 0) is 91.8 Å². The topological polar surface area (TPSA) is 138 Å². The summed E-state index contributed by atoms with van der Waals surface area (Å²) in [5.74, 6) is 1.31. The summed E-state index contributed by atoms with van der Waals surface area (Å²) in [5, 5.41) is 8.37. The minimum Gasteiger partial charge on any atom is -0.457 e. The largest absolute Gasteiger partial charge is 0.457 e. The highest BCUT2D eigenvalue weighted by molar-refractivity contribution is 6.00. The average Bonchev–Trinajstić information content (AvgIpc) is 3.81. The van der Waals surface area contributed by atoms with Crippen LogP contribution in [0, 0.1) is 5.82 Å². The second kappa shape index (κ2) is 14.8. The van der Waals surface area contributed by atoms with Crippen LogP contribution in [-0.4, -0.2) is 104 Å². The van der Waals surface area contributed by atoms with Gasteiger partial charge in [-0.3, -0.25) is 24.7 Å². The number of anilines is 2. The molecule has 2 amide bonds. The number of halogens is 1. The van der Waals surface area contributed by atoms with Crippen LogP contribution in [0.25, 0.3) is 22.3 Å². The molecule has 2 aromatic heterocycles. The molecule has 57 heavy (non-hydrogen) atoms. The molecule has 10 rings (SSSR count). The van der Waals surface area contributed by atoms with Crippen molar-refractivity contribution in [2.75, 3.05) is 49.9 Å². The van der Waals surface area contributed by atoms with Crippen LogP contribution >= 0.6 is 0 Å². The van der Waals surface area contributed by atoms with Gasteiger partial charge >= 0.3 is 0 Å². The van der Waals surface area contributed by atoms with Crippen LogP contribution in [0.1, 0.15) is 55.7 Å².